The molecule has 0 fully saturated rings. The summed E-state index contributed by atoms with van der Waals surface area (Å²) < 4.78 is 0. The van der Waals surface area contributed by atoms with Gasteiger partial charge in [-0.25, -0.2) is 0 Å². The van der Waals surface area contributed by atoms with Gasteiger partial charge >= 0.3 is 0 Å². The molecule has 8 aromatic carbocycles. The van der Waals surface area contributed by atoms with Crippen LogP contribution in [-0.2, 0) is 11.8 Å². The summed E-state index contributed by atoms with van der Waals surface area (Å²) in [5, 5.41) is 2.49. The van der Waals surface area contributed by atoms with E-state index in [2.05, 4.69) is 237 Å². The van der Waals surface area contributed by atoms with Crippen LogP contribution in [0, 0.1) is 5.41 Å². The Morgan fingerprint density at radius 1 is 0.532 bits per heavy atom. The second-order valence-corrected chi connectivity index (χ2v) is 19.1. The van der Waals surface area contributed by atoms with E-state index < -0.39 is 0 Å². The van der Waals surface area contributed by atoms with Crippen molar-refractivity contribution in [1.29, 1.82) is 0 Å². The van der Waals surface area contributed by atoms with Gasteiger partial charge in [-0.05, 0) is 110 Å². The fraction of sp³-hybridized carbons (Fsp3) is 0.119. The molecule has 298 valence electrons. The predicted octanol–water partition coefficient (Wildman–Crippen LogP) is 16.1. The number of fused-ring (bicyclic) bond motifs is 8. The van der Waals surface area contributed by atoms with Crippen molar-refractivity contribution < 1.29 is 0 Å². The molecule has 0 spiro atoms. The van der Waals surface area contributed by atoms with Crippen LogP contribution >= 0.6 is 11.8 Å². The van der Waals surface area contributed by atoms with E-state index in [0.29, 0.717) is 0 Å². The van der Waals surface area contributed by atoms with Gasteiger partial charge in [0.1, 0.15) is 0 Å². The van der Waals surface area contributed by atoms with E-state index >= 15 is 0 Å². The Balaban J connectivity index is 0.829. The zero-order valence-corrected chi connectivity index (χ0v) is 36.0. The largest absolute Gasteiger partial charge is 0.333 e. The first-order valence-corrected chi connectivity index (χ1v) is 22.6. The van der Waals surface area contributed by atoms with Crippen LogP contribution in [-0.4, -0.2) is 6.04 Å². The summed E-state index contributed by atoms with van der Waals surface area (Å²) in [4.78, 5) is 7.57. The number of anilines is 5. The van der Waals surface area contributed by atoms with Crippen LogP contribution in [0.25, 0.3) is 45.2 Å². The highest BCUT2D eigenvalue weighted by Gasteiger charge is 2.43. The van der Waals surface area contributed by atoms with Gasteiger partial charge in [-0.15, -0.1) is 0 Å². The molecule has 12 rings (SSSR count). The Morgan fingerprint density at radius 2 is 1.15 bits per heavy atom. The summed E-state index contributed by atoms with van der Waals surface area (Å²) >= 11 is 1.85. The number of para-hydroxylation sites is 3. The highest BCUT2D eigenvalue weighted by Crippen LogP contribution is 2.55. The van der Waals surface area contributed by atoms with Crippen LogP contribution < -0.4 is 9.80 Å². The minimum atomic E-state index is -0.134. The van der Waals surface area contributed by atoms with Crippen LogP contribution in [0.1, 0.15) is 48.6 Å². The average molecular weight is 815 g/mol. The Labute approximate surface area is 369 Å². The second kappa shape index (κ2) is 14.1. The minimum Gasteiger partial charge on any atom is -0.333 e. The topological polar surface area (TPSA) is 6.48 Å². The van der Waals surface area contributed by atoms with E-state index in [1.54, 1.807) is 0 Å². The zero-order valence-electron chi connectivity index (χ0n) is 35.2. The monoisotopic (exact) mass is 814 g/mol. The van der Waals surface area contributed by atoms with Gasteiger partial charge in [0, 0.05) is 37.4 Å². The molecule has 0 saturated carbocycles. The van der Waals surface area contributed by atoms with E-state index in [9.17, 15) is 0 Å². The fourth-order valence-corrected chi connectivity index (χ4v) is 11.8. The van der Waals surface area contributed by atoms with Gasteiger partial charge in [-0.3, -0.25) is 0 Å². The van der Waals surface area contributed by atoms with Crippen LogP contribution in [0.4, 0.5) is 28.4 Å². The predicted molar refractivity (Wildman–Crippen MR) is 264 cm³/mol. The van der Waals surface area contributed by atoms with Crippen LogP contribution in [0.5, 0.6) is 0 Å². The summed E-state index contributed by atoms with van der Waals surface area (Å²) in [6, 6.07) is 63.4. The van der Waals surface area contributed by atoms with Gasteiger partial charge < -0.3 is 9.80 Å². The van der Waals surface area contributed by atoms with E-state index in [0.717, 1.165) is 6.42 Å². The molecule has 0 N–H and O–H groups in total. The number of rotatable bonds is 5. The van der Waals surface area contributed by atoms with Gasteiger partial charge in [0.15, 0.2) is 0 Å². The Hall–Kier alpha value is -6.81. The van der Waals surface area contributed by atoms with Crippen molar-refractivity contribution in [2.45, 2.75) is 48.4 Å². The molecular weight excluding hydrogens is 769 g/mol. The fourth-order valence-electron chi connectivity index (χ4n) is 10.7. The molecule has 2 heterocycles. The van der Waals surface area contributed by atoms with Gasteiger partial charge in [-0.2, -0.15) is 0 Å². The molecule has 8 aromatic rings. The van der Waals surface area contributed by atoms with Crippen molar-refractivity contribution >= 4 is 63.1 Å². The summed E-state index contributed by atoms with van der Waals surface area (Å²) in [5.74, 6) is 0. The lowest BCUT2D eigenvalue weighted by atomic mass is 9.70. The van der Waals surface area contributed by atoms with E-state index in [-0.39, 0.29) is 16.9 Å². The number of hydrogen-bond donors (Lipinski definition) is 0. The molecule has 4 aliphatic rings. The number of benzene rings is 8. The lowest BCUT2D eigenvalue weighted by molar-refractivity contribution is 0.355. The maximum Gasteiger partial charge on any atom is 0.0616 e. The van der Waals surface area contributed by atoms with Crippen LogP contribution in [0.3, 0.4) is 0 Å². The highest BCUT2D eigenvalue weighted by molar-refractivity contribution is 7.99. The lowest BCUT2D eigenvalue weighted by Crippen LogP contribution is -2.48. The number of nitrogens with zero attached hydrogens (tertiary/aromatic N) is 2. The van der Waals surface area contributed by atoms with E-state index in [1.807, 2.05) is 11.8 Å². The molecule has 2 aliphatic heterocycles. The molecule has 2 unspecified atom stereocenters. The summed E-state index contributed by atoms with van der Waals surface area (Å²) in [5.41, 5.74) is 17.8. The van der Waals surface area contributed by atoms with Crippen LogP contribution in [0.15, 0.2) is 204 Å². The molecule has 2 nitrogen and oxygen atoms in total. The van der Waals surface area contributed by atoms with Crippen molar-refractivity contribution in [3.05, 3.63) is 222 Å². The maximum absolute atomic E-state index is 2.59. The van der Waals surface area contributed by atoms with Crippen molar-refractivity contribution in [2.24, 2.45) is 5.41 Å². The average Bonchev–Trinajstić information content (AvgIpc) is 3.53. The molecule has 2 aliphatic carbocycles. The molecule has 0 radical (unpaired) electrons. The van der Waals surface area contributed by atoms with Crippen molar-refractivity contribution in [1.82, 2.24) is 0 Å². The molecule has 62 heavy (non-hydrogen) atoms. The SMILES string of the molecule is CC1(C)c2cc(C=Cc3ccc(-c4ccc(N5c6ccccc6Sc6ccccc65)c5ccccc45)cc3)ccc2-c2ccc(N3c4ccccc4CC4(C)C=CC=CC34)cc21. The van der Waals surface area contributed by atoms with Crippen molar-refractivity contribution in [3.63, 3.8) is 0 Å². The quantitative estimate of drug-likeness (QED) is 0.160. The van der Waals surface area contributed by atoms with Crippen molar-refractivity contribution in [3.8, 4) is 22.3 Å². The number of hydrogen-bond acceptors (Lipinski definition) is 3. The second-order valence-electron chi connectivity index (χ2n) is 18.0. The Kier molecular flexibility index (Phi) is 8.43. The van der Waals surface area contributed by atoms with Gasteiger partial charge in [-0.1, -0.05) is 190 Å². The molecule has 3 heteroatoms. The maximum atomic E-state index is 2.59. The van der Waals surface area contributed by atoms with Gasteiger partial charge in [0.25, 0.3) is 0 Å². The Bertz CT molecular complexity index is 3160. The molecule has 0 amide bonds. The molecule has 0 saturated heterocycles. The standard InChI is InChI=1S/C59H46N2S/c1-58(2)49-36-40(27-31-46(49)47-32-30-43(37-50(47)58)60-51-17-7-4-14-42(51)38-59(3)35-13-12-22-57(59)60)24-23-39-25-28-41(29-26-39)44-33-34-52(48-16-6-5-15-45(44)48)61-53-18-8-10-20-55(53)62-56-21-11-9-19-54(56)61/h4-37,57H,38H2,1-3H3. The van der Waals surface area contributed by atoms with E-state index in [1.165, 1.54) is 99.1 Å². The lowest BCUT2D eigenvalue weighted by Gasteiger charge is -2.48. The Morgan fingerprint density at radius 3 is 1.92 bits per heavy atom. The third kappa shape index (κ3) is 5.79. The minimum absolute atomic E-state index is 0.0380. The first-order valence-electron chi connectivity index (χ1n) is 21.8. The normalized spacial score (nSPS) is 18.9. The first-order chi connectivity index (χ1) is 30.3. The zero-order chi connectivity index (χ0) is 41.6. The summed E-state index contributed by atoms with van der Waals surface area (Å²) in [6.07, 6.45) is 14.8. The third-order valence-corrected chi connectivity index (χ3v) is 15.0. The smallest absolute Gasteiger partial charge is 0.0616 e. The van der Waals surface area contributed by atoms with Crippen molar-refractivity contribution in [2.75, 3.05) is 9.80 Å². The summed E-state index contributed by atoms with van der Waals surface area (Å²) in [7, 11) is 0. The van der Waals surface area contributed by atoms with Gasteiger partial charge in [0.2, 0.25) is 0 Å². The highest BCUT2D eigenvalue weighted by atomic mass is 32.2. The number of allylic oxidation sites excluding steroid dienone is 2. The molecule has 0 aromatic heterocycles. The van der Waals surface area contributed by atoms with E-state index in [4.69, 9.17) is 0 Å². The molecule has 0 bridgehead atoms. The van der Waals surface area contributed by atoms with Crippen LogP contribution in [0.2, 0.25) is 0 Å². The summed E-state index contributed by atoms with van der Waals surface area (Å²) in [6.45, 7) is 7.20. The third-order valence-electron chi connectivity index (χ3n) is 13.9. The van der Waals surface area contributed by atoms with Gasteiger partial charge in [0.05, 0.1) is 23.1 Å². The first kappa shape index (κ1) is 37.0. The molecule has 2 atom stereocenters. The molecular formula is C59H46N2S.